The highest BCUT2D eigenvalue weighted by atomic mass is 16.5. The molecule has 0 saturated heterocycles. The maximum Gasteiger partial charge on any atom is 0.303 e. The summed E-state index contributed by atoms with van der Waals surface area (Å²) in [5.74, 6) is 0.354. The molecule has 110 valence electrons. The number of hydrogen-bond acceptors (Lipinski definition) is 4. The number of benzene rings is 1. The molecule has 0 amide bonds. The zero-order valence-corrected chi connectivity index (χ0v) is 11.8. The fourth-order valence-electron chi connectivity index (χ4n) is 1.89. The van der Waals surface area contributed by atoms with E-state index >= 15 is 0 Å². The molecule has 1 rings (SSSR count). The van der Waals surface area contributed by atoms with Crippen molar-refractivity contribution in [2.24, 2.45) is 0 Å². The highest BCUT2D eigenvalue weighted by Gasteiger charge is 2.10. The second-order valence-corrected chi connectivity index (χ2v) is 4.45. The van der Waals surface area contributed by atoms with Gasteiger partial charge in [0.1, 0.15) is 0 Å². The Labute approximate surface area is 118 Å². The van der Waals surface area contributed by atoms with E-state index in [4.69, 9.17) is 14.6 Å². The van der Waals surface area contributed by atoms with Crippen LogP contribution in [0, 0.1) is 0 Å². The van der Waals surface area contributed by atoms with Gasteiger partial charge in [-0.25, -0.2) is 0 Å². The van der Waals surface area contributed by atoms with E-state index in [1.54, 1.807) is 25.3 Å². The predicted molar refractivity (Wildman–Crippen MR) is 74.6 cm³/mol. The summed E-state index contributed by atoms with van der Waals surface area (Å²) >= 11 is 0. The molecule has 0 heterocycles. The quantitative estimate of drug-likeness (QED) is 0.556. The molecule has 1 N–H and O–H groups in total. The number of carboxylic acid groups (broad SMARTS) is 1. The van der Waals surface area contributed by atoms with E-state index in [0.717, 1.165) is 6.42 Å². The lowest BCUT2D eigenvalue weighted by Crippen LogP contribution is -2.01. The van der Waals surface area contributed by atoms with Gasteiger partial charge in [-0.3, -0.25) is 9.59 Å². The number of ketones is 1. The minimum Gasteiger partial charge on any atom is -0.493 e. The summed E-state index contributed by atoms with van der Waals surface area (Å²) in [6.45, 7) is 0. The molecule has 0 aliphatic rings. The lowest BCUT2D eigenvalue weighted by atomic mass is 10.0. The van der Waals surface area contributed by atoms with Crippen molar-refractivity contribution in [3.05, 3.63) is 23.8 Å². The molecule has 0 aromatic heterocycles. The molecule has 0 unspecified atom stereocenters. The molecule has 0 saturated carbocycles. The second kappa shape index (κ2) is 8.19. The van der Waals surface area contributed by atoms with Crippen LogP contribution in [0.5, 0.6) is 11.5 Å². The number of rotatable bonds is 9. The first-order valence-electron chi connectivity index (χ1n) is 6.55. The van der Waals surface area contributed by atoms with E-state index in [1.165, 1.54) is 7.11 Å². The van der Waals surface area contributed by atoms with Crippen molar-refractivity contribution in [3.63, 3.8) is 0 Å². The standard InChI is InChI=1S/C15H20O5/c1-19-13-9-8-11(10-14(13)20-2)12(16)6-4-3-5-7-15(17)18/h8-10H,3-7H2,1-2H3,(H,17,18). The highest BCUT2D eigenvalue weighted by Crippen LogP contribution is 2.28. The third-order valence-electron chi connectivity index (χ3n) is 3.00. The first kappa shape index (κ1) is 16.0. The molecule has 1 aromatic rings. The predicted octanol–water partition coefficient (Wildman–Crippen LogP) is 2.92. The topological polar surface area (TPSA) is 72.8 Å². The number of methoxy groups -OCH3 is 2. The van der Waals surface area contributed by atoms with Gasteiger partial charge in [0, 0.05) is 18.4 Å². The molecular weight excluding hydrogens is 260 g/mol. The van der Waals surface area contributed by atoms with Crippen LogP contribution in [0.1, 0.15) is 42.5 Å². The number of hydrogen-bond donors (Lipinski definition) is 1. The average Bonchev–Trinajstić information content (AvgIpc) is 2.45. The van der Waals surface area contributed by atoms with Crippen molar-refractivity contribution >= 4 is 11.8 Å². The molecule has 0 bridgehead atoms. The summed E-state index contributed by atoms with van der Waals surface area (Å²) in [6, 6.07) is 5.08. The Morgan fingerprint density at radius 1 is 1.00 bits per heavy atom. The smallest absolute Gasteiger partial charge is 0.303 e. The van der Waals surface area contributed by atoms with Crippen LogP contribution in [-0.2, 0) is 4.79 Å². The van der Waals surface area contributed by atoms with Gasteiger partial charge in [0.15, 0.2) is 17.3 Å². The third-order valence-corrected chi connectivity index (χ3v) is 3.00. The number of unbranched alkanes of at least 4 members (excludes halogenated alkanes) is 2. The Morgan fingerprint density at radius 3 is 2.25 bits per heavy atom. The number of carboxylic acids is 1. The summed E-state index contributed by atoms with van der Waals surface area (Å²) in [6.07, 6.45) is 2.61. The molecular formula is C15H20O5. The van der Waals surface area contributed by atoms with Crippen molar-refractivity contribution in [1.82, 2.24) is 0 Å². The Bertz CT molecular complexity index is 467. The number of aliphatic carboxylic acids is 1. The highest BCUT2D eigenvalue weighted by molar-refractivity contribution is 5.96. The molecule has 0 aliphatic carbocycles. The van der Waals surface area contributed by atoms with Crippen LogP contribution >= 0.6 is 0 Å². The van der Waals surface area contributed by atoms with Gasteiger partial charge in [-0.05, 0) is 31.0 Å². The summed E-state index contributed by atoms with van der Waals surface area (Å²) < 4.78 is 10.3. The van der Waals surface area contributed by atoms with E-state index in [-0.39, 0.29) is 12.2 Å². The van der Waals surface area contributed by atoms with Crippen molar-refractivity contribution in [2.45, 2.75) is 32.1 Å². The number of Topliss-reactive ketones (excluding diaryl/α,β-unsaturated/α-hetero) is 1. The van der Waals surface area contributed by atoms with Crippen LogP contribution in [0.25, 0.3) is 0 Å². The van der Waals surface area contributed by atoms with E-state index in [1.807, 2.05) is 0 Å². The minimum absolute atomic E-state index is 0.0290. The Morgan fingerprint density at radius 2 is 1.65 bits per heavy atom. The molecule has 0 aliphatic heterocycles. The van der Waals surface area contributed by atoms with Gasteiger partial charge in [-0.1, -0.05) is 6.42 Å². The van der Waals surface area contributed by atoms with Crippen molar-refractivity contribution in [2.75, 3.05) is 14.2 Å². The van der Waals surface area contributed by atoms with Gasteiger partial charge in [0.2, 0.25) is 0 Å². The molecule has 20 heavy (non-hydrogen) atoms. The van der Waals surface area contributed by atoms with Crippen LogP contribution in [0.15, 0.2) is 18.2 Å². The minimum atomic E-state index is -0.795. The van der Waals surface area contributed by atoms with E-state index in [2.05, 4.69) is 0 Å². The summed E-state index contributed by atoms with van der Waals surface area (Å²) in [4.78, 5) is 22.4. The van der Waals surface area contributed by atoms with E-state index in [0.29, 0.717) is 36.3 Å². The zero-order chi connectivity index (χ0) is 15.0. The third kappa shape index (κ3) is 4.91. The van der Waals surface area contributed by atoms with Crippen molar-refractivity contribution in [1.29, 1.82) is 0 Å². The summed E-state index contributed by atoms with van der Waals surface area (Å²) in [5, 5.41) is 8.51. The molecule has 5 nitrogen and oxygen atoms in total. The lowest BCUT2D eigenvalue weighted by molar-refractivity contribution is -0.137. The number of ether oxygens (including phenoxy) is 2. The van der Waals surface area contributed by atoms with Crippen LogP contribution in [-0.4, -0.2) is 31.1 Å². The van der Waals surface area contributed by atoms with Gasteiger partial charge in [0.25, 0.3) is 0 Å². The largest absolute Gasteiger partial charge is 0.493 e. The number of carbonyl (C=O) groups is 2. The molecule has 0 radical (unpaired) electrons. The van der Waals surface area contributed by atoms with Crippen molar-refractivity contribution in [3.8, 4) is 11.5 Å². The Kier molecular flexibility index (Phi) is 6.56. The lowest BCUT2D eigenvalue weighted by Gasteiger charge is -2.09. The summed E-state index contributed by atoms with van der Waals surface area (Å²) in [7, 11) is 3.07. The monoisotopic (exact) mass is 280 g/mol. The fraction of sp³-hybridized carbons (Fsp3) is 0.467. The van der Waals surface area contributed by atoms with Crippen LogP contribution in [0.3, 0.4) is 0 Å². The first-order chi connectivity index (χ1) is 9.58. The fourth-order valence-corrected chi connectivity index (χ4v) is 1.89. The Hall–Kier alpha value is -2.04. The van der Waals surface area contributed by atoms with Crippen LogP contribution in [0.4, 0.5) is 0 Å². The zero-order valence-electron chi connectivity index (χ0n) is 11.8. The molecule has 0 fully saturated rings. The normalized spacial score (nSPS) is 10.1. The SMILES string of the molecule is COc1ccc(C(=O)CCCCCC(=O)O)cc1OC. The summed E-state index contributed by atoms with van der Waals surface area (Å²) in [5.41, 5.74) is 0.584. The molecule has 5 heteroatoms. The van der Waals surface area contributed by atoms with Crippen LogP contribution in [0.2, 0.25) is 0 Å². The van der Waals surface area contributed by atoms with Gasteiger partial charge in [0.05, 0.1) is 14.2 Å². The van der Waals surface area contributed by atoms with E-state index in [9.17, 15) is 9.59 Å². The van der Waals surface area contributed by atoms with Gasteiger partial charge < -0.3 is 14.6 Å². The number of carbonyl (C=O) groups excluding carboxylic acids is 1. The molecule has 1 aromatic carbocycles. The molecule has 0 spiro atoms. The first-order valence-corrected chi connectivity index (χ1v) is 6.55. The molecule has 0 atom stereocenters. The maximum absolute atomic E-state index is 12.0. The van der Waals surface area contributed by atoms with E-state index < -0.39 is 5.97 Å². The Balaban J connectivity index is 2.49. The van der Waals surface area contributed by atoms with Gasteiger partial charge in [-0.15, -0.1) is 0 Å². The van der Waals surface area contributed by atoms with Gasteiger partial charge >= 0.3 is 5.97 Å². The second-order valence-electron chi connectivity index (χ2n) is 4.45. The van der Waals surface area contributed by atoms with Crippen molar-refractivity contribution < 1.29 is 24.2 Å². The van der Waals surface area contributed by atoms with Crippen LogP contribution < -0.4 is 9.47 Å². The van der Waals surface area contributed by atoms with Gasteiger partial charge in [-0.2, -0.15) is 0 Å². The maximum atomic E-state index is 12.0. The average molecular weight is 280 g/mol.